The van der Waals surface area contributed by atoms with Crippen LogP contribution in [0.4, 0.5) is 5.69 Å². The Kier molecular flexibility index (Phi) is 4.80. The molecule has 1 N–H and O–H groups in total. The molecule has 0 radical (unpaired) electrons. The minimum atomic E-state index is -0.851. The van der Waals surface area contributed by atoms with Crippen molar-refractivity contribution >= 4 is 17.9 Å². The van der Waals surface area contributed by atoms with Gasteiger partial charge in [-0.3, -0.25) is 19.9 Å². The highest BCUT2D eigenvalue weighted by molar-refractivity contribution is 5.80. The average Bonchev–Trinajstić information content (AvgIpc) is 2.28. The number of non-ortho nitro benzene ring substituents is 1. The zero-order chi connectivity index (χ0) is 12.7. The second-order valence-corrected chi connectivity index (χ2v) is 3.38. The fourth-order valence-electron chi connectivity index (χ4n) is 1.21. The van der Waals surface area contributed by atoms with Gasteiger partial charge < -0.3 is 5.11 Å². The number of rotatable bonds is 6. The van der Waals surface area contributed by atoms with Crippen molar-refractivity contribution in [3.8, 4) is 0 Å². The van der Waals surface area contributed by atoms with Crippen molar-refractivity contribution in [3.63, 3.8) is 0 Å². The summed E-state index contributed by atoms with van der Waals surface area (Å²) in [6, 6.07) is 6.10. The average molecular weight is 236 g/mol. The monoisotopic (exact) mass is 236 g/mol. The molecule has 0 heterocycles. The normalized spacial score (nSPS) is 10.6. The molecule has 0 saturated carbocycles. The molecule has 0 spiro atoms. The maximum Gasteiger partial charge on any atom is 0.303 e. The lowest BCUT2D eigenvalue weighted by atomic mass is 10.2. The molecule has 1 rings (SSSR count). The van der Waals surface area contributed by atoms with Crippen molar-refractivity contribution in [3.05, 3.63) is 39.9 Å². The van der Waals surface area contributed by atoms with Gasteiger partial charge in [0.25, 0.3) is 5.69 Å². The maximum atomic E-state index is 10.5. The van der Waals surface area contributed by atoms with Crippen molar-refractivity contribution in [2.45, 2.75) is 12.8 Å². The summed E-state index contributed by atoms with van der Waals surface area (Å²) in [6.45, 7) is 0.398. The van der Waals surface area contributed by atoms with E-state index in [0.29, 0.717) is 18.5 Å². The van der Waals surface area contributed by atoms with E-state index < -0.39 is 10.9 Å². The highest BCUT2D eigenvalue weighted by Crippen LogP contribution is 2.11. The summed E-state index contributed by atoms with van der Waals surface area (Å²) in [5.74, 6) is -0.851. The highest BCUT2D eigenvalue weighted by atomic mass is 16.6. The third-order valence-electron chi connectivity index (χ3n) is 2.00. The van der Waals surface area contributed by atoms with Gasteiger partial charge in [0, 0.05) is 31.3 Å². The van der Waals surface area contributed by atoms with Crippen LogP contribution in [0, 0.1) is 10.1 Å². The van der Waals surface area contributed by atoms with Crippen LogP contribution < -0.4 is 0 Å². The second-order valence-electron chi connectivity index (χ2n) is 3.38. The molecule has 6 nitrogen and oxygen atoms in total. The standard InChI is InChI=1S/C11H12N2O4/c14-11(15)5-2-6-12-8-9-3-1-4-10(7-9)13(16)17/h1,3-4,7-8H,2,5-6H2,(H,14,15). The summed E-state index contributed by atoms with van der Waals surface area (Å²) < 4.78 is 0. The number of carboxylic acid groups (broad SMARTS) is 1. The number of hydrogen-bond acceptors (Lipinski definition) is 4. The van der Waals surface area contributed by atoms with Gasteiger partial charge in [-0.05, 0) is 12.0 Å². The first kappa shape index (κ1) is 12.8. The molecule has 0 bridgehead atoms. The number of carboxylic acids is 1. The van der Waals surface area contributed by atoms with E-state index >= 15 is 0 Å². The van der Waals surface area contributed by atoms with E-state index in [-0.39, 0.29) is 12.1 Å². The van der Waals surface area contributed by atoms with Crippen LogP contribution in [0.1, 0.15) is 18.4 Å². The van der Waals surface area contributed by atoms with Crippen LogP contribution in [0.5, 0.6) is 0 Å². The predicted molar refractivity (Wildman–Crippen MR) is 62.4 cm³/mol. The molecule has 0 fully saturated rings. The Balaban J connectivity index is 2.50. The van der Waals surface area contributed by atoms with E-state index in [9.17, 15) is 14.9 Å². The minimum absolute atomic E-state index is 0.0134. The van der Waals surface area contributed by atoms with E-state index in [0.717, 1.165) is 0 Å². The van der Waals surface area contributed by atoms with Gasteiger partial charge in [0.2, 0.25) is 0 Å². The lowest BCUT2D eigenvalue weighted by Crippen LogP contribution is -1.95. The highest BCUT2D eigenvalue weighted by Gasteiger charge is 2.03. The number of nitrogens with zero attached hydrogens (tertiary/aromatic N) is 2. The van der Waals surface area contributed by atoms with Gasteiger partial charge in [0.15, 0.2) is 0 Å². The van der Waals surface area contributed by atoms with Crippen molar-refractivity contribution in [1.82, 2.24) is 0 Å². The van der Waals surface area contributed by atoms with Crippen molar-refractivity contribution in [1.29, 1.82) is 0 Å². The summed E-state index contributed by atoms with van der Waals surface area (Å²) in [5, 5.41) is 18.9. The van der Waals surface area contributed by atoms with Crippen LogP contribution in [0.15, 0.2) is 29.3 Å². The summed E-state index contributed by atoms with van der Waals surface area (Å²) in [6.07, 6.45) is 2.04. The lowest BCUT2D eigenvalue weighted by Gasteiger charge is -1.94. The van der Waals surface area contributed by atoms with Crippen LogP contribution in [-0.4, -0.2) is 28.8 Å². The molecule has 0 aromatic heterocycles. The smallest absolute Gasteiger partial charge is 0.303 e. The first-order valence-corrected chi connectivity index (χ1v) is 5.05. The number of nitro groups is 1. The molecular weight excluding hydrogens is 224 g/mol. The molecular formula is C11H12N2O4. The Morgan fingerprint density at radius 3 is 2.94 bits per heavy atom. The Bertz CT molecular complexity index is 443. The number of aliphatic imine (C=N–C) groups is 1. The van der Waals surface area contributed by atoms with Gasteiger partial charge in [-0.1, -0.05) is 12.1 Å². The molecule has 0 aliphatic heterocycles. The van der Waals surface area contributed by atoms with E-state index in [2.05, 4.69) is 4.99 Å². The second kappa shape index (κ2) is 6.37. The number of aliphatic carboxylic acids is 1. The van der Waals surface area contributed by atoms with Gasteiger partial charge in [-0.2, -0.15) is 0 Å². The van der Waals surface area contributed by atoms with Crippen LogP contribution in [0.25, 0.3) is 0 Å². The summed E-state index contributed by atoms with van der Waals surface area (Å²) >= 11 is 0. The molecule has 90 valence electrons. The van der Waals surface area contributed by atoms with E-state index in [1.54, 1.807) is 12.1 Å². The third-order valence-corrected chi connectivity index (χ3v) is 2.00. The molecule has 0 aliphatic carbocycles. The molecule has 6 heteroatoms. The molecule has 0 unspecified atom stereocenters. The SMILES string of the molecule is O=C(O)CCCN=Cc1cccc([N+](=O)[O-])c1. The Morgan fingerprint density at radius 2 is 2.29 bits per heavy atom. The molecule has 0 amide bonds. The molecule has 0 atom stereocenters. The summed E-state index contributed by atoms with van der Waals surface area (Å²) in [7, 11) is 0. The zero-order valence-corrected chi connectivity index (χ0v) is 9.07. The van der Waals surface area contributed by atoms with Crippen molar-refractivity contribution in [2.75, 3.05) is 6.54 Å². The van der Waals surface area contributed by atoms with E-state index in [1.807, 2.05) is 0 Å². The predicted octanol–water partition coefficient (Wildman–Crippen LogP) is 1.88. The minimum Gasteiger partial charge on any atom is -0.481 e. The van der Waals surface area contributed by atoms with E-state index in [4.69, 9.17) is 5.11 Å². The quantitative estimate of drug-likeness (QED) is 0.353. The number of benzene rings is 1. The van der Waals surface area contributed by atoms with Crippen LogP contribution >= 0.6 is 0 Å². The van der Waals surface area contributed by atoms with Gasteiger partial charge in [-0.15, -0.1) is 0 Å². The van der Waals surface area contributed by atoms with Crippen molar-refractivity contribution < 1.29 is 14.8 Å². The van der Waals surface area contributed by atoms with Crippen molar-refractivity contribution in [2.24, 2.45) is 4.99 Å². The third kappa shape index (κ3) is 4.87. The van der Waals surface area contributed by atoms with Gasteiger partial charge in [-0.25, -0.2) is 0 Å². The summed E-state index contributed by atoms with van der Waals surface area (Å²) in [5.41, 5.74) is 0.647. The fourth-order valence-corrected chi connectivity index (χ4v) is 1.21. The molecule has 17 heavy (non-hydrogen) atoms. The van der Waals surface area contributed by atoms with Gasteiger partial charge in [0.05, 0.1) is 4.92 Å². The number of carbonyl (C=O) groups is 1. The maximum absolute atomic E-state index is 10.5. The first-order valence-electron chi connectivity index (χ1n) is 5.05. The van der Waals surface area contributed by atoms with Gasteiger partial charge in [0.1, 0.15) is 0 Å². The van der Waals surface area contributed by atoms with E-state index in [1.165, 1.54) is 18.3 Å². The number of nitro benzene ring substituents is 1. The number of hydrogen-bond donors (Lipinski definition) is 1. The zero-order valence-electron chi connectivity index (χ0n) is 9.07. The molecule has 0 aliphatic rings. The largest absolute Gasteiger partial charge is 0.481 e. The summed E-state index contributed by atoms with van der Waals surface area (Å²) in [4.78, 5) is 24.3. The van der Waals surface area contributed by atoms with Crippen LogP contribution in [0.3, 0.4) is 0 Å². The van der Waals surface area contributed by atoms with Crippen LogP contribution in [-0.2, 0) is 4.79 Å². The molecule has 1 aromatic carbocycles. The topological polar surface area (TPSA) is 92.8 Å². The lowest BCUT2D eigenvalue weighted by molar-refractivity contribution is -0.384. The van der Waals surface area contributed by atoms with Crippen LogP contribution in [0.2, 0.25) is 0 Å². The first-order chi connectivity index (χ1) is 8.09. The fraction of sp³-hybridized carbons (Fsp3) is 0.273. The Morgan fingerprint density at radius 1 is 1.53 bits per heavy atom. The Labute approximate surface area is 97.8 Å². The Hall–Kier alpha value is -2.24. The molecule has 1 aromatic rings. The molecule has 0 saturated heterocycles. The van der Waals surface area contributed by atoms with Gasteiger partial charge >= 0.3 is 5.97 Å².